The molecule has 37 heavy (non-hydrogen) atoms. The highest BCUT2D eigenvalue weighted by Crippen LogP contribution is 2.20. The minimum atomic E-state index is -5.08. The molecule has 3 heterocycles. The third kappa shape index (κ3) is 6.42. The molecule has 0 unspecified atom stereocenters. The average molecular weight is 519 g/mol. The van der Waals surface area contributed by atoms with Gasteiger partial charge in [-0.1, -0.05) is 12.0 Å². The van der Waals surface area contributed by atoms with Gasteiger partial charge >= 0.3 is 12.1 Å². The van der Waals surface area contributed by atoms with Gasteiger partial charge in [0.25, 0.3) is 5.56 Å². The molecule has 1 aliphatic heterocycles. The van der Waals surface area contributed by atoms with Crippen molar-refractivity contribution in [2.24, 2.45) is 0 Å². The summed E-state index contributed by atoms with van der Waals surface area (Å²) in [6.07, 6.45) is -3.52. The van der Waals surface area contributed by atoms with Crippen molar-refractivity contribution < 1.29 is 27.5 Å². The molecule has 14 heteroatoms. The lowest BCUT2D eigenvalue weighted by Crippen LogP contribution is -2.44. The van der Waals surface area contributed by atoms with E-state index in [9.17, 15) is 22.4 Å². The Kier molecular flexibility index (Phi) is 8.47. The molecule has 0 saturated carbocycles. The van der Waals surface area contributed by atoms with E-state index in [1.165, 1.54) is 16.8 Å². The van der Waals surface area contributed by atoms with E-state index in [1.807, 2.05) is 10.6 Å². The highest BCUT2D eigenvalue weighted by molar-refractivity contribution is 5.77. The average Bonchev–Trinajstić information content (AvgIpc) is 3.25. The fraction of sp³-hybridized carbons (Fsp3) is 0.348. The van der Waals surface area contributed by atoms with Gasteiger partial charge in [-0.05, 0) is 24.6 Å². The Labute approximate surface area is 207 Å². The Bertz CT molecular complexity index is 1460. The van der Waals surface area contributed by atoms with Crippen LogP contribution in [0.5, 0.6) is 0 Å². The van der Waals surface area contributed by atoms with E-state index in [1.54, 1.807) is 19.2 Å². The maximum absolute atomic E-state index is 13.6. The first-order valence-corrected chi connectivity index (χ1v) is 10.9. The van der Waals surface area contributed by atoms with Gasteiger partial charge in [-0.2, -0.15) is 23.5 Å². The summed E-state index contributed by atoms with van der Waals surface area (Å²) in [5.41, 5.74) is 1.19. The molecule has 0 radical (unpaired) electrons. The molecule has 1 aliphatic rings. The molecular weight excluding hydrogens is 498 g/mol. The first-order valence-electron chi connectivity index (χ1n) is 10.9. The van der Waals surface area contributed by atoms with Crippen molar-refractivity contribution in [3.63, 3.8) is 0 Å². The van der Waals surface area contributed by atoms with E-state index in [2.05, 4.69) is 32.1 Å². The van der Waals surface area contributed by atoms with Gasteiger partial charge in [-0.3, -0.25) is 9.36 Å². The number of aromatic nitrogens is 4. The molecule has 0 spiro atoms. The second-order valence-electron chi connectivity index (χ2n) is 7.73. The van der Waals surface area contributed by atoms with E-state index in [4.69, 9.17) is 15.2 Å². The highest BCUT2D eigenvalue weighted by atomic mass is 19.4. The third-order valence-electron chi connectivity index (χ3n) is 5.27. The first-order chi connectivity index (χ1) is 17.6. The molecule has 10 nitrogen and oxygen atoms in total. The number of carboxylic acid groups (broad SMARTS) is 1. The number of piperazine rings is 1. The van der Waals surface area contributed by atoms with Gasteiger partial charge < -0.3 is 15.3 Å². The maximum Gasteiger partial charge on any atom is 0.490 e. The van der Waals surface area contributed by atoms with Gasteiger partial charge in [0.1, 0.15) is 22.9 Å². The second-order valence-corrected chi connectivity index (χ2v) is 7.73. The van der Waals surface area contributed by atoms with Crippen LogP contribution in [0.2, 0.25) is 0 Å². The summed E-state index contributed by atoms with van der Waals surface area (Å²) >= 11 is 0. The number of rotatable bonds is 4. The summed E-state index contributed by atoms with van der Waals surface area (Å²) in [6, 6.07) is 6.01. The lowest BCUT2D eigenvalue weighted by Gasteiger charge is -2.28. The van der Waals surface area contributed by atoms with Crippen LogP contribution in [0, 0.1) is 29.0 Å². The summed E-state index contributed by atoms with van der Waals surface area (Å²) in [5.74, 6) is 3.26. The van der Waals surface area contributed by atoms with Gasteiger partial charge in [0.05, 0.1) is 24.8 Å². The minimum absolute atomic E-state index is 0.0640. The van der Waals surface area contributed by atoms with Crippen molar-refractivity contribution in [1.82, 2.24) is 24.6 Å². The lowest BCUT2D eigenvalue weighted by atomic mass is 10.1. The number of aliphatic carboxylic acids is 1. The minimum Gasteiger partial charge on any atom is -0.475 e. The molecule has 0 amide bonds. The summed E-state index contributed by atoms with van der Waals surface area (Å²) in [7, 11) is 0. The monoisotopic (exact) mass is 519 g/mol. The number of halogens is 4. The fourth-order valence-electron chi connectivity index (χ4n) is 3.53. The standard InChI is InChI=1S/C21H20FN7O.C2HF3O2/c1-2-3-8-28-19-18(26-21(28)27-9-6-24-7-10-27)13-25-29(20(19)30)14-15-4-5-17(22)16(11-15)12-23;3-2(4,5)1(6)7/h4-5,11,13,24H,6-10,14H2,1H3;(H,6,7). The normalized spacial score (nSPS) is 13.2. The molecule has 2 aromatic heterocycles. The SMILES string of the molecule is CC#CCn1c(N2CCNCC2)nc2cnn(Cc3ccc(F)c(C#N)c3)c(=O)c21.O=C(O)C(F)(F)F. The molecule has 0 aliphatic carbocycles. The van der Waals surface area contributed by atoms with Crippen LogP contribution < -0.4 is 15.8 Å². The smallest absolute Gasteiger partial charge is 0.475 e. The number of imidazole rings is 1. The zero-order chi connectivity index (χ0) is 27.2. The number of anilines is 1. The number of alkyl halides is 3. The molecule has 2 N–H and O–H groups in total. The van der Waals surface area contributed by atoms with E-state index in [0.29, 0.717) is 29.1 Å². The van der Waals surface area contributed by atoms with Gasteiger partial charge in [-0.15, -0.1) is 5.92 Å². The first kappa shape index (κ1) is 27.2. The van der Waals surface area contributed by atoms with Gasteiger partial charge in [0, 0.05) is 26.2 Å². The predicted molar refractivity (Wildman–Crippen MR) is 124 cm³/mol. The molecule has 0 atom stereocenters. The topological polar surface area (TPSA) is 129 Å². The zero-order valence-corrected chi connectivity index (χ0v) is 19.5. The van der Waals surface area contributed by atoms with Crippen LogP contribution in [0.1, 0.15) is 18.1 Å². The quantitative estimate of drug-likeness (QED) is 0.394. The van der Waals surface area contributed by atoms with Crippen molar-refractivity contribution >= 4 is 23.0 Å². The molecule has 1 fully saturated rings. The van der Waals surface area contributed by atoms with Gasteiger partial charge in [0.15, 0.2) is 0 Å². The van der Waals surface area contributed by atoms with Crippen LogP contribution in [0.15, 0.2) is 29.2 Å². The predicted octanol–water partition coefficient (Wildman–Crippen LogP) is 1.72. The number of benzene rings is 1. The van der Waals surface area contributed by atoms with Crippen LogP contribution in [-0.2, 0) is 17.9 Å². The number of nitrogens with one attached hydrogen (secondary N) is 1. The number of carbonyl (C=O) groups is 1. The Morgan fingerprint density at radius 1 is 1.27 bits per heavy atom. The second kappa shape index (κ2) is 11.5. The number of nitriles is 1. The molecular formula is C23H21F4N7O3. The number of nitrogens with zero attached hydrogens (tertiary/aromatic N) is 6. The van der Waals surface area contributed by atoms with Crippen molar-refractivity contribution in [2.75, 3.05) is 31.1 Å². The third-order valence-corrected chi connectivity index (χ3v) is 5.27. The van der Waals surface area contributed by atoms with E-state index in [-0.39, 0.29) is 17.7 Å². The van der Waals surface area contributed by atoms with E-state index < -0.39 is 18.0 Å². The summed E-state index contributed by atoms with van der Waals surface area (Å²) in [6.45, 7) is 5.49. The van der Waals surface area contributed by atoms with Crippen molar-refractivity contribution in [1.29, 1.82) is 5.26 Å². The van der Waals surface area contributed by atoms with Crippen molar-refractivity contribution in [3.8, 4) is 17.9 Å². The Morgan fingerprint density at radius 2 is 1.95 bits per heavy atom. The Balaban J connectivity index is 0.000000479. The fourth-order valence-corrected chi connectivity index (χ4v) is 3.53. The van der Waals surface area contributed by atoms with Crippen LogP contribution >= 0.6 is 0 Å². The maximum atomic E-state index is 13.6. The lowest BCUT2D eigenvalue weighted by molar-refractivity contribution is -0.192. The van der Waals surface area contributed by atoms with Crippen molar-refractivity contribution in [3.05, 3.63) is 51.7 Å². The summed E-state index contributed by atoms with van der Waals surface area (Å²) in [5, 5.41) is 23.7. The molecule has 1 aromatic carbocycles. The molecule has 3 aromatic rings. The summed E-state index contributed by atoms with van der Waals surface area (Å²) < 4.78 is 48.5. The number of fused-ring (bicyclic) bond motifs is 1. The number of hydrogen-bond donors (Lipinski definition) is 2. The number of hydrogen-bond acceptors (Lipinski definition) is 7. The Morgan fingerprint density at radius 3 is 2.54 bits per heavy atom. The molecule has 4 rings (SSSR count). The van der Waals surface area contributed by atoms with Crippen LogP contribution in [0.3, 0.4) is 0 Å². The molecule has 194 valence electrons. The van der Waals surface area contributed by atoms with E-state index in [0.717, 1.165) is 26.2 Å². The van der Waals surface area contributed by atoms with Crippen LogP contribution in [-0.4, -0.2) is 62.8 Å². The zero-order valence-electron chi connectivity index (χ0n) is 19.5. The van der Waals surface area contributed by atoms with Crippen LogP contribution in [0.25, 0.3) is 11.0 Å². The van der Waals surface area contributed by atoms with Gasteiger partial charge in [0.2, 0.25) is 5.95 Å². The van der Waals surface area contributed by atoms with Gasteiger partial charge in [-0.25, -0.2) is 18.9 Å². The van der Waals surface area contributed by atoms with Crippen LogP contribution in [0.4, 0.5) is 23.5 Å². The molecule has 1 saturated heterocycles. The number of carboxylic acids is 1. The molecule has 0 bridgehead atoms. The highest BCUT2D eigenvalue weighted by Gasteiger charge is 2.38. The van der Waals surface area contributed by atoms with Crippen molar-refractivity contribution in [2.45, 2.75) is 26.2 Å². The summed E-state index contributed by atoms with van der Waals surface area (Å²) in [4.78, 5) is 28.9. The Hall–Kier alpha value is -4.43. The largest absolute Gasteiger partial charge is 0.490 e. The van der Waals surface area contributed by atoms with E-state index >= 15 is 0 Å².